The van der Waals surface area contributed by atoms with Crippen LogP contribution in [0.5, 0.6) is 0 Å². The van der Waals surface area contributed by atoms with E-state index < -0.39 is 0 Å². The van der Waals surface area contributed by atoms with Crippen molar-refractivity contribution in [2.24, 2.45) is 5.92 Å². The van der Waals surface area contributed by atoms with E-state index in [0.717, 1.165) is 16.9 Å². The first-order valence-electron chi connectivity index (χ1n) is 6.44. The highest BCUT2D eigenvalue weighted by atomic mass is 32.1. The Kier molecular flexibility index (Phi) is 4.68. The number of amides is 1. The lowest BCUT2D eigenvalue weighted by atomic mass is 10.1. The molecular weight excluding hydrogens is 256 g/mol. The third kappa shape index (κ3) is 3.89. The number of hydrogen-bond acceptors (Lipinski definition) is 3. The summed E-state index contributed by atoms with van der Waals surface area (Å²) < 4.78 is 0. The third-order valence-electron chi connectivity index (χ3n) is 2.81. The Labute approximate surface area is 117 Å². The summed E-state index contributed by atoms with van der Waals surface area (Å²) in [6.45, 7) is 5.00. The standard InChI is InChI=1S/C15H18N2OS/c1-11(2)5-6-17-15(18)13-8-12(9-16-10-13)14-4-3-7-19-14/h3-4,7-11H,5-6H2,1-2H3,(H,17,18). The molecule has 3 nitrogen and oxygen atoms in total. The number of rotatable bonds is 5. The van der Waals surface area contributed by atoms with Gasteiger partial charge in [0.05, 0.1) is 5.56 Å². The lowest BCUT2D eigenvalue weighted by Gasteiger charge is -2.07. The second kappa shape index (κ2) is 6.48. The van der Waals surface area contributed by atoms with E-state index in [1.54, 1.807) is 23.7 Å². The van der Waals surface area contributed by atoms with E-state index in [2.05, 4.69) is 24.1 Å². The number of pyridine rings is 1. The molecule has 0 saturated heterocycles. The van der Waals surface area contributed by atoms with Crippen LogP contribution in [0, 0.1) is 5.92 Å². The van der Waals surface area contributed by atoms with Crippen LogP contribution in [-0.2, 0) is 0 Å². The van der Waals surface area contributed by atoms with Crippen LogP contribution in [-0.4, -0.2) is 17.4 Å². The Hall–Kier alpha value is -1.68. The molecule has 0 saturated carbocycles. The van der Waals surface area contributed by atoms with E-state index >= 15 is 0 Å². The first-order valence-corrected chi connectivity index (χ1v) is 7.32. The number of nitrogens with one attached hydrogen (secondary N) is 1. The Bertz CT molecular complexity index is 535. The van der Waals surface area contributed by atoms with E-state index in [9.17, 15) is 4.79 Å². The minimum atomic E-state index is -0.0495. The van der Waals surface area contributed by atoms with Crippen molar-refractivity contribution in [2.75, 3.05) is 6.54 Å². The second-order valence-electron chi connectivity index (χ2n) is 4.88. The fourth-order valence-corrected chi connectivity index (χ4v) is 2.43. The highest BCUT2D eigenvalue weighted by Gasteiger charge is 2.08. The Balaban J connectivity index is 2.04. The maximum Gasteiger partial charge on any atom is 0.252 e. The van der Waals surface area contributed by atoms with Crippen LogP contribution in [0.2, 0.25) is 0 Å². The molecular formula is C15H18N2OS. The quantitative estimate of drug-likeness (QED) is 0.905. The molecule has 0 radical (unpaired) electrons. The van der Waals surface area contributed by atoms with Crippen LogP contribution in [0.25, 0.3) is 10.4 Å². The van der Waals surface area contributed by atoms with Crippen molar-refractivity contribution >= 4 is 17.2 Å². The number of hydrogen-bond donors (Lipinski definition) is 1. The van der Waals surface area contributed by atoms with E-state index in [1.807, 2.05) is 23.6 Å². The molecule has 2 heterocycles. The number of aromatic nitrogens is 1. The molecule has 1 amide bonds. The molecule has 0 unspecified atom stereocenters. The Morgan fingerprint density at radius 2 is 2.26 bits per heavy atom. The van der Waals surface area contributed by atoms with Crippen molar-refractivity contribution in [3.8, 4) is 10.4 Å². The molecule has 1 N–H and O–H groups in total. The lowest BCUT2D eigenvalue weighted by Crippen LogP contribution is -2.25. The van der Waals surface area contributed by atoms with Gasteiger partial charge in [-0.25, -0.2) is 0 Å². The van der Waals surface area contributed by atoms with Crippen LogP contribution in [0.15, 0.2) is 36.0 Å². The molecule has 2 aromatic rings. The van der Waals surface area contributed by atoms with Crippen LogP contribution in [0.1, 0.15) is 30.6 Å². The molecule has 100 valence electrons. The van der Waals surface area contributed by atoms with Gasteiger partial charge < -0.3 is 5.32 Å². The third-order valence-corrected chi connectivity index (χ3v) is 3.73. The molecule has 4 heteroatoms. The van der Waals surface area contributed by atoms with Gasteiger partial charge in [0, 0.05) is 29.4 Å². The predicted molar refractivity (Wildman–Crippen MR) is 79.3 cm³/mol. The van der Waals surface area contributed by atoms with Gasteiger partial charge in [-0.1, -0.05) is 19.9 Å². The molecule has 0 aliphatic heterocycles. The molecule has 0 aliphatic rings. The van der Waals surface area contributed by atoms with Crippen molar-refractivity contribution in [1.82, 2.24) is 10.3 Å². The van der Waals surface area contributed by atoms with Crippen molar-refractivity contribution in [3.05, 3.63) is 41.5 Å². The minimum absolute atomic E-state index is 0.0495. The maximum absolute atomic E-state index is 12.0. The van der Waals surface area contributed by atoms with Crippen LogP contribution >= 0.6 is 11.3 Å². The van der Waals surface area contributed by atoms with Gasteiger partial charge in [-0.3, -0.25) is 9.78 Å². The number of thiophene rings is 1. The highest BCUT2D eigenvalue weighted by molar-refractivity contribution is 7.13. The summed E-state index contributed by atoms with van der Waals surface area (Å²) in [6, 6.07) is 5.92. The molecule has 0 aromatic carbocycles. The summed E-state index contributed by atoms with van der Waals surface area (Å²) in [4.78, 5) is 17.3. The molecule has 2 aromatic heterocycles. The van der Waals surface area contributed by atoms with Gasteiger partial charge in [0.15, 0.2) is 0 Å². The zero-order valence-corrected chi connectivity index (χ0v) is 12.0. The van der Waals surface area contributed by atoms with Crippen LogP contribution in [0.3, 0.4) is 0 Å². The molecule has 0 bridgehead atoms. The van der Waals surface area contributed by atoms with Crippen molar-refractivity contribution in [2.45, 2.75) is 20.3 Å². The number of carbonyl (C=O) groups excluding carboxylic acids is 1. The van der Waals surface area contributed by atoms with E-state index in [0.29, 0.717) is 18.0 Å². The largest absolute Gasteiger partial charge is 0.352 e. The summed E-state index contributed by atoms with van der Waals surface area (Å²) in [5, 5.41) is 4.95. The van der Waals surface area contributed by atoms with Gasteiger partial charge in [-0.2, -0.15) is 0 Å². The molecule has 2 rings (SSSR count). The monoisotopic (exact) mass is 274 g/mol. The van der Waals surface area contributed by atoms with Crippen LogP contribution < -0.4 is 5.32 Å². The average Bonchev–Trinajstić information content (AvgIpc) is 2.92. The topological polar surface area (TPSA) is 42.0 Å². The first-order chi connectivity index (χ1) is 9.16. The van der Waals surface area contributed by atoms with Gasteiger partial charge in [0.25, 0.3) is 5.91 Å². The number of nitrogens with zero attached hydrogens (tertiary/aromatic N) is 1. The Morgan fingerprint density at radius 3 is 2.95 bits per heavy atom. The highest BCUT2D eigenvalue weighted by Crippen LogP contribution is 2.24. The smallest absolute Gasteiger partial charge is 0.252 e. The van der Waals surface area contributed by atoms with Gasteiger partial charge in [-0.15, -0.1) is 11.3 Å². The molecule has 19 heavy (non-hydrogen) atoms. The minimum Gasteiger partial charge on any atom is -0.352 e. The Morgan fingerprint density at radius 1 is 1.42 bits per heavy atom. The molecule has 0 fully saturated rings. The lowest BCUT2D eigenvalue weighted by molar-refractivity contribution is 0.0951. The SMILES string of the molecule is CC(C)CCNC(=O)c1cncc(-c2cccs2)c1. The maximum atomic E-state index is 12.0. The van der Waals surface area contributed by atoms with Gasteiger partial charge in [0.1, 0.15) is 0 Å². The van der Waals surface area contributed by atoms with Crippen molar-refractivity contribution in [1.29, 1.82) is 0 Å². The fourth-order valence-electron chi connectivity index (χ4n) is 1.72. The number of carbonyl (C=O) groups is 1. The van der Waals surface area contributed by atoms with E-state index in [-0.39, 0.29) is 5.91 Å². The molecule has 0 atom stereocenters. The summed E-state index contributed by atoms with van der Waals surface area (Å²) in [5.41, 5.74) is 1.61. The fraction of sp³-hybridized carbons (Fsp3) is 0.333. The van der Waals surface area contributed by atoms with E-state index in [4.69, 9.17) is 0 Å². The first kappa shape index (κ1) is 13.7. The van der Waals surface area contributed by atoms with Gasteiger partial charge in [0.2, 0.25) is 0 Å². The zero-order chi connectivity index (χ0) is 13.7. The second-order valence-corrected chi connectivity index (χ2v) is 5.83. The van der Waals surface area contributed by atoms with Crippen LogP contribution in [0.4, 0.5) is 0 Å². The zero-order valence-electron chi connectivity index (χ0n) is 11.2. The summed E-state index contributed by atoms with van der Waals surface area (Å²) >= 11 is 1.65. The summed E-state index contributed by atoms with van der Waals surface area (Å²) in [6.07, 6.45) is 4.39. The molecule has 0 spiro atoms. The summed E-state index contributed by atoms with van der Waals surface area (Å²) in [7, 11) is 0. The van der Waals surface area contributed by atoms with Crippen molar-refractivity contribution in [3.63, 3.8) is 0 Å². The van der Waals surface area contributed by atoms with Gasteiger partial charge >= 0.3 is 0 Å². The van der Waals surface area contributed by atoms with E-state index in [1.165, 1.54) is 0 Å². The van der Waals surface area contributed by atoms with Crippen molar-refractivity contribution < 1.29 is 4.79 Å². The summed E-state index contributed by atoms with van der Waals surface area (Å²) in [5.74, 6) is 0.544. The molecule has 0 aliphatic carbocycles. The average molecular weight is 274 g/mol. The predicted octanol–water partition coefficient (Wildman–Crippen LogP) is 3.59. The van der Waals surface area contributed by atoms with Gasteiger partial charge in [-0.05, 0) is 29.9 Å². The normalized spacial score (nSPS) is 10.7.